The first kappa shape index (κ1) is 16.8. The average Bonchev–Trinajstić information content (AvgIpc) is 3.03. The van der Waals surface area contributed by atoms with Gasteiger partial charge in [0, 0.05) is 18.9 Å². The lowest BCUT2D eigenvalue weighted by Gasteiger charge is -2.12. The molecule has 0 aliphatic heterocycles. The summed E-state index contributed by atoms with van der Waals surface area (Å²) in [6.45, 7) is 6.53. The van der Waals surface area contributed by atoms with Gasteiger partial charge in [-0.2, -0.15) is 4.52 Å². The lowest BCUT2D eigenvalue weighted by molar-refractivity contribution is 0.102. The molecule has 0 atom stereocenters. The van der Waals surface area contributed by atoms with Gasteiger partial charge in [0.05, 0.1) is 5.69 Å². The molecule has 3 aromatic rings. The van der Waals surface area contributed by atoms with Crippen molar-refractivity contribution in [2.75, 3.05) is 5.32 Å². The average molecular weight is 340 g/mol. The van der Waals surface area contributed by atoms with Crippen molar-refractivity contribution < 1.29 is 4.79 Å². The molecule has 8 nitrogen and oxygen atoms in total. The van der Waals surface area contributed by atoms with Crippen LogP contribution in [-0.2, 0) is 6.54 Å². The fraction of sp³-hybridized carbons (Fsp3) is 0.353. The number of hydrogen-bond donors (Lipinski definition) is 1. The minimum atomic E-state index is -0.461. The molecule has 0 saturated heterocycles. The highest BCUT2D eigenvalue weighted by molar-refractivity contribution is 6.06. The molecule has 0 aliphatic carbocycles. The van der Waals surface area contributed by atoms with Gasteiger partial charge in [0.1, 0.15) is 5.56 Å². The molecule has 8 heteroatoms. The maximum Gasteiger partial charge on any atom is 0.263 e. The summed E-state index contributed by atoms with van der Waals surface area (Å²) in [6.07, 6.45) is 4.28. The number of carbonyl (C=O) groups excluding carboxylic acids is 1. The first-order valence-electron chi connectivity index (χ1n) is 8.15. The molecule has 1 amide bonds. The molecule has 3 heterocycles. The number of tetrazole rings is 1. The van der Waals surface area contributed by atoms with Gasteiger partial charge in [0.2, 0.25) is 5.65 Å². The van der Waals surface area contributed by atoms with E-state index in [2.05, 4.69) is 34.7 Å². The van der Waals surface area contributed by atoms with Crippen LogP contribution in [0.1, 0.15) is 36.2 Å². The minimum absolute atomic E-state index is 0.140. The largest absolute Gasteiger partial charge is 0.319 e. The second kappa shape index (κ2) is 6.84. The van der Waals surface area contributed by atoms with Crippen LogP contribution >= 0.6 is 0 Å². The fourth-order valence-corrected chi connectivity index (χ4v) is 2.56. The van der Waals surface area contributed by atoms with E-state index in [1.807, 2.05) is 0 Å². The molecule has 0 fully saturated rings. The Morgan fingerprint density at radius 3 is 2.84 bits per heavy atom. The molecular formula is C17H20N6O2. The smallest absolute Gasteiger partial charge is 0.263 e. The number of amides is 1. The Labute approximate surface area is 144 Å². The Kier molecular flexibility index (Phi) is 4.60. The number of carbonyl (C=O) groups is 1. The quantitative estimate of drug-likeness (QED) is 0.765. The Bertz CT molecular complexity index is 973. The van der Waals surface area contributed by atoms with Gasteiger partial charge in [0.15, 0.2) is 0 Å². The number of anilines is 1. The predicted molar refractivity (Wildman–Crippen MR) is 93.6 cm³/mol. The van der Waals surface area contributed by atoms with E-state index in [0.717, 1.165) is 6.42 Å². The molecule has 0 unspecified atom stereocenters. The van der Waals surface area contributed by atoms with Crippen molar-refractivity contribution in [1.82, 2.24) is 24.6 Å². The van der Waals surface area contributed by atoms with Crippen LogP contribution in [0.25, 0.3) is 5.65 Å². The number of aryl methyl sites for hydroxylation is 2. The zero-order valence-electron chi connectivity index (χ0n) is 14.4. The van der Waals surface area contributed by atoms with Crippen LogP contribution in [-0.4, -0.2) is 30.5 Å². The van der Waals surface area contributed by atoms with E-state index in [9.17, 15) is 9.59 Å². The molecule has 25 heavy (non-hydrogen) atoms. The molecule has 0 radical (unpaired) electrons. The van der Waals surface area contributed by atoms with Gasteiger partial charge in [-0.25, -0.2) is 0 Å². The number of rotatable bonds is 5. The highest BCUT2D eigenvalue weighted by atomic mass is 16.2. The van der Waals surface area contributed by atoms with E-state index in [4.69, 9.17) is 0 Å². The zero-order valence-corrected chi connectivity index (χ0v) is 14.4. The Morgan fingerprint density at radius 2 is 2.08 bits per heavy atom. The predicted octanol–water partition coefficient (Wildman–Crippen LogP) is 1.89. The molecule has 0 saturated carbocycles. The highest BCUT2D eigenvalue weighted by Crippen LogP contribution is 2.14. The van der Waals surface area contributed by atoms with Crippen molar-refractivity contribution in [3.8, 4) is 0 Å². The summed E-state index contributed by atoms with van der Waals surface area (Å²) in [4.78, 5) is 25.4. The third-order valence-electron chi connectivity index (χ3n) is 4.02. The molecule has 0 bridgehead atoms. The summed E-state index contributed by atoms with van der Waals surface area (Å²) in [7, 11) is 0. The normalized spacial score (nSPS) is 11.2. The van der Waals surface area contributed by atoms with E-state index in [1.165, 1.54) is 4.52 Å². The van der Waals surface area contributed by atoms with Crippen molar-refractivity contribution in [1.29, 1.82) is 0 Å². The summed E-state index contributed by atoms with van der Waals surface area (Å²) in [5, 5.41) is 14.0. The zero-order chi connectivity index (χ0) is 18.0. The van der Waals surface area contributed by atoms with Crippen LogP contribution in [0.4, 0.5) is 5.69 Å². The van der Waals surface area contributed by atoms with Crippen LogP contribution in [0, 0.1) is 12.8 Å². The van der Waals surface area contributed by atoms with Crippen molar-refractivity contribution in [3.63, 3.8) is 0 Å². The molecular weight excluding hydrogens is 320 g/mol. The fourth-order valence-electron chi connectivity index (χ4n) is 2.56. The molecule has 1 N–H and O–H groups in total. The van der Waals surface area contributed by atoms with Gasteiger partial charge in [-0.1, -0.05) is 13.8 Å². The van der Waals surface area contributed by atoms with E-state index in [0.29, 0.717) is 29.4 Å². The standard InChI is InChI=1S/C17H20N6O2/c1-11(2)6-9-22-10-7-12(3)14(17(22)25)16(24)18-13-5-4-8-23-15(13)19-20-21-23/h4-5,7-8,10-11H,6,9H2,1-3H3,(H,18,24). The van der Waals surface area contributed by atoms with Gasteiger partial charge in [0.25, 0.3) is 11.5 Å². The number of nitrogens with zero attached hydrogens (tertiary/aromatic N) is 5. The Balaban J connectivity index is 1.93. The monoisotopic (exact) mass is 340 g/mol. The van der Waals surface area contributed by atoms with Gasteiger partial charge >= 0.3 is 0 Å². The van der Waals surface area contributed by atoms with Gasteiger partial charge in [-0.3, -0.25) is 9.59 Å². The second-order valence-electron chi connectivity index (χ2n) is 6.38. The highest BCUT2D eigenvalue weighted by Gasteiger charge is 2.17. The lowest BCUT2D eigenvalue weighted by Crippen LogP contribution is -2.30. The van der Waals surface area contributed by atoms with E-state index >= 15 is 0 Å². The van der Waals surface area contributed by atoms with Crippen molar-refractivity contribution in [2.45, 2.75) is 33.7 Å². The topological polar surface area (TPSA) is 94.2 Å². The van der Waals surface area contributed by atoms with E-state index in [-0.39, 0.29) is 11.1 Å². The van der Waals surface area contributed by atoms with Gasteiger partial charge in [-0.05, 0) is 53.5 Å². The lowest BCUT2D eigenvalue weighted by atomic mass is 10.1. The third-order valence-corrected chi connectivity index (χ3v) is 4.02. The van der Waals surface area contributed by atoms with Gasteiger partial charge in [-0.15, -0.1) is 5.10 Å². The van der Waals surface area contributed by atoms with Crippen molar-refractivity contribution in [3.05, 3.63) is 52.1 Å². The van der Waals surface area contributed by atoms with E-state index < -0.39 is 5.91 Å². The van der Waals surface area contributed by atoms with Crippen LogP contribution < -0.4 is 10.9 Å². The van der Waals surface area contributed by atoms with E-state index in [1.54, 1.807) is 42.1 Å². The number of fused-ring (bicyclic) bond motifs is 1. The summed E-state index contributed by atoms with van der Waals surface area (Å²) >= 11 is 0. The number of aromatic nitrogens is 5. The van der Waals surface area contributed by atoms with Crippen molar-refractivity contribution >= 4 is 17.2 Å². The number of hydrogen-bond acceptors (Lipinski definition) is 5. The van der Waals surface area contributed by atoms with Crippen LogP contribution in [0.5, 0.6) is 0 Å². The van der Waals surface area contributed by atoms with Crippen LogP contribution in [0.2, 0.25) is 0 Å². The number of nitrogens with one attached hydrogen (secondary N) is 1. The molecule has 130 valence electrons. The molecule has 0 aliphatic rings. The SMILES string of the molecule is Cc1ccn(CCC(C)C)c(=O)c1C(=O)Nc1cccn2nnnc12. The summed E-state index contributed by atoms with van der Waals surface area (Å²) in [6, 6.07) is 5.20. The first-order chi connectivity index (χ1) is 12.0. The van der Waals surface area contributed by atoms with Crippen LogP contribution in [0.3, 0.4) is 0 Å². The molecule has 3 aromatic heterocycles. The maximum atomic E-state index is 12.7. The first-order valence-corrected chi connectivity index (χ1v) is 8.15. The second-order valence-corrected chi connectivity index (χ2v) is 6.38. The minimum Gasteiger partial charge on any atom is -0.319 e. The third kappa shape index (κ3) is 3.42. The summed E-state index contributed by atoms with van der Waals surface area (Å²) in [5.41, 5.74) is 1.36. The summed E-state index contributed by atoms with van der Waals surface area (Å²) < 4.78 is 3.04. The number of pyridine rings is 2. The Morgan fingerprint density at radius 1 is 1.28 bits per heavy atom. The van der Waals surface area contributed by atoms with Crippen LogP contribution in [0.15, 0.2) is 35.4 Å². The summed E-state index contributed by atoms with van der Waals surface area (Å²) in [5.74, 6) is 0.0148. The Hall–Kier alpha value is -3.03. The molecule has 3 rings (SSSR count). The molecule has 0 aromatic carbocycles. The van der Waals surface area contributed by atoms with Crippen molar-refractivity contribution in [2.24, 2.45) is 5.92 Å². The molecule has 0 spiro atoms. The van der Waals surface area contributed by atoms with Gasteiger partial charge < -0.3 is 9.88 Å². The maximum absolute atomic E-state index is 12.7.